The molecule has 0 spiro atoms. The summed E-state index contributed by atoms with van der Waals surface area (Å²) in [6, 6.07) is 8.59. The predicted molar refractivity (Wildman–Crippen MR) is 71.8 cm³/mol. The van der Waals surface area contributed by atoms with Crippen LogP contribution < -0.4 is 5.32 Å². The Bertz CT molecular complexity index is 381. The first kappa shape index (κ1) is 13.2. The van der Waals surface area contributed by atoms with Crippen molar-refractivity contribution < 1.29 is 5.11 Å². The molecule has 1 aromatic rings. The number of fused-ring (bicyclic) bond motifs is 2. The normalized spacial score (nSPS) is 35.4. The van der Waals surface area contributed by atoms with E-state index in [0.717, 1.165) is 23.4 Å². The third-order valence-corrected chi connectivity index (χ3v) is 4.14. The van der Waals surface area contributed by atoms with Crippen LogP contribution in [-0.4, -0.2) is 17.2 Å². The zero-order chi connectivity index (χ0) is 11.2. The van der Waals surface area contributed by atoms with E-state index in [1.54, 1.807) is 0 Å². The van der Waals surface area contributed by atoms with Gasteiger partial charge in [-0.3, -0.25) is 0 Å². The number of hydrogen-bond donors (Lipinski definition) is 2. The monoisotopic (exact) mass is 273 g/mol. The molecule has 2 bridgehead atoms. The van der Waals surface area contributed by atoms with E-state index in [0.29, 0.717) is 12.1 Å². The fraction of sp³-hybridized carbons (Fsp3) is 0.538. The molecule has 2 aliphatic heterocycles. The number of nitrogens with one attached hydrogen (secondary N) is 1. The van der Waals surface area contributed by atoms with Gasteiger partial charge in [-0.25, -0.2) is 0 Å². The summed E-state index contributed by atoms with van der Waals surface area (Å²) in [5.41, 5.74) is 0.358. The standard InChI is InChI=1S/C13H16ClNO.ClH/c14-10-3-1-9(2-4-10)13(16)7-11-5-6-12(8-13)15-11;/h1-4,11-12,15-16H,5-8H2;1H. The second kappa shape index (κ2) is 4.77. The van der Waals surface area contributed by atoms with Gasteiger partial charge in [0.25, 0.3) is 0 Å². The van der Waals surface area contributed by atoms with Crippen molar-refractivity contribution in [2.45, 2.75) is 43.4 Å². The topological polar surface area (TPSA) is 32.3 Å². The third-order valence-electron chi connectivity index (χ3n) is 3.88. The van der Waals surface area contributed by atoms with Crippen molar-refractivity contribution in [1.29, 1.82) is 0 Å². The lowest BCUT2D eigenvalue weighted by molar-refractivity contribution is -0.0114. The van der Waals surface area contributed by atoms with Gasteiger partial charge in [0, 0.05) is 17.1 Å². The molecule has 0 amide bonds. The van der Waals surface area contributed by atoms with Crippen molar-refractivity contribution in [2.24, 2.45) is 0 Å². The molecule has 1 aromatic carbocycles. The van der Waals surface area contributed by atoms with Crippen LogP contribution >= 0.6 is 24.0 Å². The van der Waals surface area contributed by atoms with Crippen LogP contribution in [-0.2, 0) is 5.60 Å². The number of hydrogen-bond acceptors (Lipinski definition) is 2. The van der Waals surface area contributed by atoms with Gasteiger partial charge in [0.15, 0.2) is 0 Å². The molecule has 4 heteroatoms. The molecule has 0 saturated carbocycles. The number of piperidine rings is 1. The van der Waals surface area contributed by atoms with Crippen LogP contribution in [0.4, 0.5) is 0 Å². The molecule has 94 valence electrons. The van der Waals surface area contributed by atoms with Crippen molar-refractivity contribution in [3.63, 3.8) is 0 Å². The molecule has 2 saturated heterocycles. The first-order valence-corrected chi connectivity index (χ1v) is 6.28. The van der Waals surface area contributed by atoms with Crippen LogP contribution in [0.2, 0.25) is 5.02 Å². The molecule has 0 aliphatic carbocycles. The Hall–Kier alpha value is -0.280. The van der Waals surface area contributed by atoms with E-state index in [1.165, 1.54) is 12.8 Å². The highest BCUT2D eigenvalue weighted by molar-refractivity contribution is 6.30. The Balaban J connectivity index is 0.00000108. The summed E-state index contributed by atoms with van der Waals surface area (Å²) in [6.45, 7) is 0. The molecule has 2 heterocycles. The zero-order valence-corrected chi connectivity index (χ0v) is 11.1. The van der Waals surface area contributed by atoms with Crippen LogP contribution in [0.15, 0.2) is 24.3 Å². The Kier molecular flexibility index (Phi) is 3.69. The van der Waals surface area contributed by atoms with Crippen LogP contribution in [0, 0.1) is 0 Å². The van der Waals surface area contributed by atoms with Gasteiger partial charge in [-0.05, 0) is 43.4 Å². The smallest absolute Gasteiger partial charge is 0.0926 e. The average Bonchev–Trinajstić information content (AvgIpc) is 2.59. The highest BCUT2D eigenvalue weighted by atomic mass is 35.5. The van der Waals surface area contributed by atoms with Crippen molar-refractivity contribution in [3.05, 3.63) is 34.9 Å². The maximum atomic E-state index is 10.7. The van der Waals surface area contributed by atoms with E-state index in [-0.39, 0.29) is 12.4 Å². The first-order chi connectivity index (χ1) is 7.66. The molecule has 0 aromatic heterocycles. The van der Waals surface area contributed by atoms with E-state index < -0.39 is 5.60 Å². The highest BCUT2D eigenvalue weighted by Gasteiger charge is 2.43. The van der Waals surface area contributed by atoms with Crippen molar-refractivity contribution in [3.8, 4) is 0 Å². The number of halogens is 2. The highest BCUT2D eigenvalue weighted by Crippen LogP contribution is 2.40. The average molecular weight is 274 g/mol. The lowest BCUT2D eigenvalue weighted by Gasteiger charge is -2.37. The summed E-state index contributed by atoms with van der Waals surface area (Å²) in [6.07, 6.45) is 4.04. The molecule has 2 aliphatic rings. The first-order valence-electron chi connectivity index (χ1n) is 5.90. The number of aliphatic hydroxyl groups is 1. The van der Waals surface area contributed by atoms with E-state index in [4.69, 9.17) is 11.6 Å². The molecule has 3 rings (SSSR count). The van der Waals surface area contributed by atoms with Gasteiger partial charge in [-0.15, -0.1) is 12.4 Å². The lowest BCUT2D eigenvalue weighted by atomic mass is 9.81. The molecular formula is C13H17Cl2NO. The van der Waals surface area contributed by atoms with Gasteiger partial charge >= 0.3 is 0 Å². The molecule has 17 heavy (non-hydrogen) atoms. The minimum Gasteiger partial charge on any atom is -0.385 e. The summed E-state index contributed by atoms with van der Waals surface area (Å²) in [5, 5.41) is 15.0. The minimum absolute atomic E-state index is 0. The molecule has 2 nitrogen and oxygen atoms in total. The van der Waals surface area contributed by atoms with Crippen molar-refractivity contribution in [2.75, 3.05) is 0 Å². The fourth-order valence-electron chi connectivity index (χ4n) is 3.12. The largest absolute Gasteiger partial charge is 0.385 e. The van der Waals surface area contributed by atoms with Gasteiger partial charge < -0.3 is 10.4 Å². The fourth-order valence-corrected chi connectivity index (χ4v) is 3.24. The Morgan fingerprint density at radius 3 is 2.18 bits per heavy atom. The summed E-state index contributed by atoms with van der Waals surface area (Å²) in [7, 11) is 0. The molecule has 2 atom stereocenters. The molecule has 2 unspecified atom stereocenters. The van der Waals surface area contributed by atoms with E-state index in [1.807, 2.05) is 24.3 Å². The summed E-state index contributed by atoms with van der Waals surface area (Å²) >= 11 is 5.87. The second-order valence-electron chi connectivity index (χ2n) is 5.08. The third kappa shape index (κ3) is 2.45. The van der Waals surface area contributed by atoms with E-state index in [9.17, 15) is 5.11 Å². The van der Waals surface area contributed by atoms with Crippen LogP contribution in [0.3, 0.4) is 0 Å². The Morgan fingerprint density at radius 2 is 1.65 bits per heavy atom. The molecule has 0 radical (unpaired) electrons. The van der Waals surface area contributed by atoms with E-state index >= 15 is 0 Å². The van der Waals surface area contributed by atoms with Gasteiger partial charge in [0.1, 0.15) is 0 Å². The van der Waals surface area contributed by atoms with Crippen LogP contribution in [0.5, 0.6) is 0 Å². The van der Waals surface area contributed by atoms with Gasteiger partial charge in [0.05, 0.1) is 5.60 Å². The van der Waals surface area contributed by atoms with Gasteiger partial charge in [-0.2, -0.15) is 0 Å². The Labute approximate surface area is 113 Å². The van der Waals surface area contributed by atoms with Gasteiger partial charge in [-0.1, -0.05) is 23.7 Å². The van der Waals surface area contributed by atoms with Gasteiger partial charge in [0.2, 0.25) is 0 Å². The van der Waals surface area contributed by atoms with Crippen LogP contribution in [0.1, 0.15) is 31.2 Å². The maximum Gasteiger partial charge on any atom is 0.0926 e. The molecule has 2 fully saturated rings. The summed E-state index contributed by atoms with van der Waals surface area (Å²) < 4.78 is 0. The number of rotatable bonds is 1. The molecule has 2 N–H and O–H groups in total. The summed E-state index contributed by atoms with van der Waals surface area (Å²) in [4.78, 5) is 0. The quantitative estimate of drug-likeness (QED) is 0.825. The summed E-state index contributed by atoms with van der Waals surface area (Å²) in [5.74, 6) is 0. The van der Waals surface area contributed by atoms with Crippen molar-refractivity contribution in [1.82, 2.24) is 5.32 Å². The zero-order valence-electron chi connectivity index (χ0n) is 9.53. The Morgan fingerprint density at radius 1 is 1.12 bits per heavy atom. The SMILES string of the molecule is Cl.OC1(c2ccc(Cl)cc2)CC2CCC(C1)N2. The van der Waals surface area contributed by atoms with Crippen LogP contribution in [0.25, 0.3) is 0 Å². The minimum atomic E-state index is -0.651. The second-order valence-corrected chi connectivity index (χ2v) is 5.52. The van der Waals surface area contributed by atoms with E-state index in [2.05, 4.69) is 5.32 Å². The van der Waals surface area contributed by atoms with Crippen molar-refractivity contribution >= 4 is 24.0 Å². The number of benzene rings is 1. The predicted octanol–water partition coefficient (Wildman–Crippen LogP) is 2.86. The lowest BCUT2D eigenvalue weighted by Crippen LogP contribution is -2.46. The maximum absolute atomic E-state index is 10.7. The molecular weight excluding hydrogens is 257 g/mol.